The largest absolute Gasteiger partial charge is 0.495 e. The van der Waals surface area contributed by atoms with Gasteiger partial charge in [-0.15, -0.1) is 0 Å². The summed E-state index contributed by atoms with van der Waals surface area (Å²) in [4.78, 5) is 12.0. The SMILES string of the molecule is CCC(C)CC(=O)c1cccc(OC)c1N. The molecule has 0 aliphatic carbocycles. The van der Waals surface area contributed by atoms with Crippen LogP contribution in [0.3, 0.4) is 0 Å². The fourth-order valence-corrected chi connectivity index (χ4v) is 1.54. The molecular formula is C13H19NO2. The zero-order valence-corrected chi connectivity index (χ0v) is 10.1. The first-order valence-electron chi connectivity index (χ1n) is 5.55. The Morgan fingerprint density at radius 2 is 2.19 bits per heavy atom. The molecule has 0 aliphatic rings. The lowest BCUT2D eigenvalue weighted by Crippen LogP contribution is -2.08. The fraction of sp³-hybridized carbons (Fsp3) is 0.462. The van der Waals surface area contributed by atoms with Crippen LogP contribution >= 0.6 is 0 Å². The molecule has 0 heterocycles. The van der Waals surface area contributed by atoms with Gasteiger partial charge in [-0.1, -0.05) is 26.3 Å². The molecule has 0 saturated heterocycles. The minimum absolute atomic E-state index is 0.0887. The van der Waals surface area contributed by atoms with E-state index in [1.54, 1.807) is 25.3 Å². The number of nitrogens with two attached hydrogens (primary N) is 1. The van der Waals surface area contributed by atoms with Crippen molar-refractivity contribution in [1.29, 1.82) is 0 Å². The molecule has 3 heteroatoms. The Morgan fingerprint density at radius 1 is 1.50 bits per heavy atom. The minimum Gasteiger partial charge on any atom is -0.495 e. The first-order valence-corrected chi connectivity index (χ1v) is 5.55. The number of rotatable bonds is 5. The van der Waals surface area contributed by atoms with Crippen LogP contribution in [0, 0.1) is 5.92 Å². The van der Waals surface area contributed by atoms with Crippen molar-refractivity contribution in [2.75, 3.05) is 12.8 Å². The molecule has 16 heavy (non-hydrogen) atoms. The second kappa shape index (κ2) is 5.54. The summed E-state index contributed by atoms with van der Waals surface area (Å²) < 4.78 is 5.09. The summed E-state index contributed by atoms with van der Waals surface area (Å²) in [5.41, 5.74) is 6.88. The maximum absolute atomic E-state index is 12.0. The van der Waals surface area contributed by atoms with E-state index < -0.39 is 0 Å². The predicted molar refractivity (Wildman–Crippen MR) is 65.8 cm³/mol. The Hall–Kier alpha value is -1.51. The van der Waals surface area contributed by atoms with Crippen molar-refractivity contribution < 1.29 is 9.53 Å². The number of carbonyl (C=O) groups is 1. The average Bonchev–Trinajstić information content (AvgIpc) is 2.29. The predicted octanol–water partition coefficient (Wildman–Crippen LogP) is 2.90. The molecule has 1 rings (SSSR count). The zero-order valence-electron chi connectivity index (χ0n) is 10.1. The summed E-state index contributed by atoms with van der Waals surface area (Å²) in [5.74, 6) is 1.04. The molecule has 1 atom stereocenters. The van der Waals surface area contributed by atoms with Crippen molar-refractivity contribution in [2.24, 2.45) is 5.92 Å². The highest BCUT2D eigenvalue weighted by atomic mass is 16.5. The van der Waals surface area contributed by atoms with E-state index in [0.29, 0.717) is 29.3 Å². The van der Waals surface area contributed by atoms with Crippen LogP contribution in [-0.4, -0.2) is 12.9 Å². The summed E-state index contributed by atoms with van der Waals surface area (Å²) in [6, 6.07) is 5.30. The van der Waals surface area contributed by atoms with Crippen LogP contribution in [0.15, 0.2) is 18.2 Å². The van der Waals surface area contributed by atoms with Crippen LogP contribution in [0.1, 0.15) is 37.0 Å². The molecule has 0 bridgehead atoms. The minimum atomic E-state index is 0.0887. The monoisotopic (exact) mass is 221 g/mol. The van der Waals surface area contributed by atoms with E-state index in [2.05, 4.69) is 13.8 Å². The number of hydrogen-bond acceptors (Lipinski definition) is 3. The molecule has 0 saturated carbocycles. The molecule has 1 aromatic rings. The van der Waals surface area contributed by atoms with Crippen molar-refractivity contribution in [2.45, 2.75) is 26.7 Å². The van der Waals surface area contributed by atoms with E-state index in [4.69, 9.17) is 10.5 Å². The van der Waals surface area contributed by atoms with E-state index in [0.717, 1.165) is 6.42 Å². The third kappa shape index (κ3) is 2.75. The topological polar surface area (TPSA) is 52.3 Å². The third-order valence-electron chi connectivity index (χ3n) is 2.82. The molecule has 1 unspecified atom stereocenters. The van der Waals surface area contributed by atoms with Crippen LogP contribution in [0.5, 0.6) is 5.75 Å². The second-order valence-corrected chi connectivity index (χ2v) is 4.06. The summed E-state index contributed by atoms with van der Waals surface area (Å²) in [6.45, 7) is 4.14. The molecule has 0 fully saturated rings. The van der Waals surface area contributed by atoms with Crippen LogP contribution in [0.4, 0.5) is 5.69 Å². The van der Waals surface area contributed by atoms with Gasteiger partial charge in [-0.2, -0.15) is 0 Å². The van der Waals surface area contributed by atoms with Crippen LogP contribution in [-0.2, 0) is 0 Å². The van der Waals surface area contributed by atoms with Gasteiger partial charge in [0, 0.05) is 12.0 Å². The van der Waals surface area contributed by atoms with Gasteiger partial charge in [0.15, 0.2) is 5.78 Å². The Labute approximate surface area is 96.6 Å². The van der Waals surface area contributed by atoms with Gasteiger partial charge >= 0.3 is 0 Å². The number of ether oxygens (including phenoxy) is 1. The quantitative estimate of drug-likeness (QED) is 0.614. The standard InChI is InChI=1S/C13H19NO2/c1-4-9(2)8-11(15)10-6-5-7-12(16-3)13(10)14/h5-7,9H,4,8,14H2,1-3H3. The summed E-state index contributed by atoms with van der Waals surface area (Å²) in [7, 11) is 1.55. The van der Waals surface area contributed by atoms with Crippen LogP contribution < -0.4 is 10.5 Å². The Kier molecular flexibility index (Phi) is 4.35. The first kappa shape index (κ1) is 12.6. The van der Waals surface area contributed by atoms with Gasteiger partial charge in [0.2, 0.25) is 0 Å². The Balaban J connectivity index is 2.91. The number of carbonyl (C=O) groups excluding carboxylic acids is 1. The number of Topliss-reactive ketones (excluding diaryl/α,β-unsaturated/α-hetero) is 1. The molecule has 0 aliphatic heterocycles. The number of para-hydroxylation sites is 1. The van der Waals surface area contributed by atoms with Gasteiger partial charge in [-0.25, -0.2) is 0 Å². The highest BCUT2D eigenvalue weighted by molar-refractivity contribution is 6.01. The van der Waals surface area contributed by atoms with E-state index in [-0.39, 0.29) is 5.78 Å². The van der Waals surface area contributed by atoms with Gasteiger partial charge in [-0.05, 0) is 18.1 Å². The maximum atomic E-state index is 12.0. The van der Waals surface area contributed by atoms with Gasteiger partial charge in [0.25, 0.3) is 0 Å². The van der Waals surface area contributed by atoms with E-state index in [1.807, 2.05) is 0 Å². The molecular weight excluding hydrogens is 202 g/mol. The highest BCUT2D eigenvalue weighted by Gasteiger charge is 2.14. The summed E-state index contributed by atoms with van der Waals surface area (Å²) >= 11 is 0. The molecule has 0 aromatic heterocycles. The normalized spacial score (nSPS) is 12.2. The van der Waals surface area contributed by atoms with Crippen molar-refractivity contribution in [1.82, 2.24) is 0 Å². The number of methoxy groups -OCH3 is 1. The van der Waals surface area contributed by atoms with Gasteiger partial charge < -0.3 is 10.5 Å². The smallest absolute Gasteiger partial charge is 0.165 e. The fourth-order valence-electron chi connectivity index (χ4n) is 1.54. The third-order valence-corrected chi connectivity index (χ3v) is 2.82. The lowest BCUT2D eigenvalue weighted by molar-refractivity contribution is 0.0964. The number of hydrogen-bond donors (Lipinski definition) is 1. The van der Waals surface area contributed by atoms with E-state index in [9.17, 15) is 4.79 Å². The molecule has 0 radical (unpaired) electrons. The highest BCUT2D eigenvalue weighted by Crippen LogP contribution is 2.26. The average molecular weight is 221 g/mol. The molecule has 1 aromatic carbocycles. The zero-order chi connectivity index (χ0) is 12.1. The number of ketones is 1. The lowest BCUT2D eigenvalue weighted by Gasteiger charge is -2.11. The number of nitrogen functional groups attached to an aromatic ring is 1. The summed E-state index contributed by atoms with van der Waals surface area (Å²) in [6.07, 6.45) is 1.53. The Morgan fingerprint density at radius 3 is 2.75 bits per heavy atom. The molecule has 0 spiro atoms. The molecule has 3 nitrogen and oxygen atoms in total. The number of anilines is 1. The number of benzene rings is 1. The second-order valence-electron chi connectivity index (χ2n) is 4.06. The molecule has 88 valence electrons. The maximum Gasteiger partial charge on any atom is 0.165 e. The van der Waals surface area contributed by atoms with Gasteiger partial charge in [0.05, 0.1) is 12.8 Å². The molecule has 2 N–H and O–H groups in total. The first-order chi connectivity index (χ1) is 7.60. The van der Waals surface area contributed by atoms with Crippen molar-refractivity contribution in [3.63, 3.8) is 0 Å². The van der Waals surface area contributed by atoms with E-state index in [1.165, 1.54) is 0 Å². The van der Waals surface area contributed by atoms with E-state index >= 15 is 0 Å². The van der Waals surface area contributed by atoms with Crippen LogP contribution in [0.2, 0.25) is 0 Å². The molecule has 0 amide bonds. The summed E-state index contributed by atoms with van der Waals surface area (Å²) in [5, 5.41) is 0. The van der Waals surface area contributed by atoms with Crippen molar-refractivity contribution >= 4 is 11.5 Å². The van der Waals surface area contributed by atoms with Crippen LogP contribution in [0.25, 0.3) is 0 Å². The van der Waals surface area contributed by atoms with Crippen molar-refractivity contribution in [3.8, 4) is 5.75 Å². The van der Waals surface area contributed by atoms with Gasteiger partial charge in [0.1, 0.15) is 5.75 Å². The lowest BCUT2D eigenvalue weighted by atomic mass is 9.97. The van der Waals surface area contributed by atoms with Crippen molar-refractivity contribution in [3.05, 3.63) is 23.8 Å². The van der Waals surface area contributed by atoms with Gasteiger partial charge in [-0.3, -0.25) is 4.79 Å². The Bertz CT molecular complexity index is 374.